The first-order valence-corrected chi connectivity index (χ1v) is 7.61. The van der Waals surface area contributed by atoms with Crippen molar-refractivity contribution < 1.29 is 0 Å². The van der Waals surface area contributed by atoms with E-state index < -0.39 is 0 Å². The molecule has 0 saturated heterocycles. The Morgan fingerprint density at radius 3 is 2.62 bits per heavy atom. The third-order valence-corrected chi connectivity index (χ3v) is 3.97. The van der Waals surface area contributed by atoms with Crippen molar-refractivity contribution in [3.63, 3.8) is 0 Å². The summed E-state index contributed by atoms with van der Waals surface area (Å²) >= 11 is 12.4. The molecule has 2 aromatic heterocycles. The monoisotopic (exact) mass is 319 g/mol. The third kappa shape index (κ3) is 2.63. The van der Waals surface area contributed by atoms with Crippen LogP contribution in [0.15, 0.2) is 42.6 Å². The van der Waals surface area contributed by atoms with Crippen molar-refractivity contribution >= 4 is 34.2 Å². The maximum atomic E-state index is 6.31. The van der Waals surface area contributed by atoms with Crippen LogP contribution in [0.2, 0.25) is 5.02 Å². The topological polar surface area (TPSA) is 30.7 Å². The zero-order chi connectivity index (χ0) is 15.0. The molecule has 0 radical (unpaired) electrons. The molecule has 3 nitrogen and oxygen atoms in total. The summed E-state index contributed by atoms with van der Waals surface area (Å²) in [6.45, 7) is 4.02. The number of aromatic nitrogens is 3. The van der Waals surface area contributed by atoms with Crippen molar-refractivity contribution in [3.05, 3.63) is 59.1 Å². The minimum atomic E-state index is -0.192. The molecule has 1 aromatic carbocycles. The van der Waals surface area contributed by atoms with Gasteiger partial charge in [-0.3, -0.25) is 4.98 Å². The first-order chi connectivity index (χ1) is 10.1. The van der Waals surface area contributed by atoms with E-state index in [9.17, 15) is 0 Å². The highest BCUT2D eigenvalue weighted by molar-refractivity contribution is 6.31. The van der Waals surface area contributed by atoms with Crippen molar-refractivity contribution in [2.24, 2.45) is 0 Å². The fourth-order valence-corrected chi connectivity index (χ4v) is 2.85. The van der Waals surface area contributed by atoms with Gasteiger partial charge < -0.3 is 4.57 Å². The van der Waals surface area contributed by atoms with E-state index in [1.165, 1.54) is 0 Å². The van der Waals surface area contributed by atoms with Gasteiger partial charge in [-0.2, -0.15) is 0 Å². The van der Waals surface area contributed by atoms with Crippen LogP contribution in [0, 0.1) is 0 Å². The van der Waals surface area contributed by atoms with Crippen molar-refractivity contribution in [1.82, 2.24) is 14.5 Å². The molecule has 0 saturated carbocycles. The van der Waals surface area contributed by atoms with Crippen LogP contribution in [-0.4, -0.2) is 14.5 Å². The smallest absolute Gasteiger partial charge is 0.128 e. The Bertz CT molecular complexity index is 766. The summed E-state index contributed by atoms with van der Waals surface area (Å²) in [5, 5.41) is 0.480. The summed E-state index contributed by atoms with van der Waals surface area (Å²) in [5.41, 5.74) is 2.85. The molecule has 0 spiro atoms. The molecule has 108 valence electrons. The fourth-order valence-electron chi connectivity index (χ4n) is 2.53. The van der Waals surface area contributed by atoms with Crippen LogP contribution >= 0.6 is 23.2 Å². The summed E-state index contributed by atoms with van der Waals surface area (Å²) in [6.07, 6.45) is 1.80. The first kappa shape index (κ1) is 14.4. The first-order valence-electron chi connectivity index (χ1n) is 6.80. The predicted octanol–water partition coefficient (Wildman–Crippen LogP) is 4.99. The van der Waals surface area contributed by atoms with Gasteiger partial charge in [0.2, 0.25) is 0 Å². The molecule has 0 bridgehead atoms. The number of fused-ring (bicyclic) bond motifs is 1. The lowest BCUT2D eigenvalue weighted by Crippen LogP contribution is -2.12. The van der Waals surface area contributed by atoms with E-state index >= 15 is 0 Å². The number of halogens is 2. The second-order valence-electron chi connectivity index (χ2n) is 5.02. The molecule has 0 aliphatic heterocycles. The summed E-state index contributed by atoms with van der Waals surface area (Å²) in [7, 11) is 0. The lowest BCUT2D eigenvalue weighted by atomic mass is 10.2. The van der Waals surface area contributed by atoms with Crippen molar-refractivity contribution in [1.29, 1.82) is 0 Å². The zero-order valence-electron chi connectivity index (χ0n) is 11.8. The van der Waals surface area contributed by atoms with Crippen LogP contribution in [-0.2, 0) is 0 Å². The predicted molar refractivity (Wildman–Crippen MR) is 87.1 cm³/mol. The van der Waals surface area contributed by atoms with Gasteiger partial charge in [-0.15, -0.1) is 11.6 Å². The van der Waals surface area contributed by atoms with E-state index in [2.05, 4.69) is 21.5 Å². The fraction of sp³-hybridized carbons (Fsp3) is 0.250. The molecule has 0 N–H and O–H groups in total. The average Bonchev–Trinajstić information content (AvgIpc) is 2.86. The lowest BCUT2D eigenvalue weighted by molar-refractivity contribution is 0.603. The SMILES string of the molecule is CC(Cl)c1nc2cc(Cl)ccc2n1C(C)c1ccccn1. The van der Waals surface area contributed by atoms with Gasteiger partial charge >= 0.3 is 0 Å². The Kier molecular flexibility index (Phi) is 3.87. The molecule has 2 heterocycles. The molecule has 5 heteroatoms. The molecule has 2 atom stereocenters. The summed E-state index contributed by atoms with van der Waals surface area (Å²) in [6, 6.07) is 11.7. The van der Waals surface area contributed by atoms with Gasteiger partial charge in [0.15, 0.2) is 0 Å². The Hall–Kier alpha value is -1.58. The molecule has 0 amide bonds. The quantitative estimate of drug-likeness (QED) is 0.636. The molecule has 0 fully saturated rings. The highest BCUT2D eigenvalue weighted by Gasteiger charge is 2.20. The minimum absolute atomic E-state index is 0.0496. The number of alkyl halides is 1. The molecule has 3 rings (SSSR count). The molecular formula is C16H15Cl2N3. The lowest BCUT2D eigenvalue weighted by Gasteiger charge is -2.18. The largest absolute Gasteiger partial charge is 0.318 e. The molecule has 21 heavy (non-hydrogen) atoms. The number of pyridine rings is 1. The Labute approximate surface area is 133 Å². The van der Waals surface area contributed by atoms with Crippen LogP contribution < -0.4 is 0 Å². The molecule has 2 unspecified atom stereocenters. The van der Waals surface area contributed by atoms with Gasteiger partial charge in [-0.25, -0.2) is 4.98 Å². The van der Waals surface area contributed by atoms with Crippen molar-refractivity contribution in [3.8, 4) is 0 Å². The molecule has 3 aromatic rings. The number of imidazole rings is 1. The normalized spacial score (nSPS) is 14.3. The van der Waals surface area contributed by atoms with Gasteiger partial charge in [0.1, 0.15) is 5.82 Å². The van der Waals surface area contributed by atoms with E-state index in [1.54, 1.807) is 6.20 Å². The standard InChI is InChI=1S/C16H15Cl2N3/c1-10(17)16-20-14-9-12(18)6-7-15(14)21(16)11(2)13-5-3-4-8-19-13/h3-11H,1-2H3. The van der Waals surface area contributed by atoms with Crippen molar-refractivity contribution in [2.75, 3.05) is 0 Å². The molecule has 0 aliphatic carbocycles. The van der Waals surface area contributed by atoms with Crippen LogP contribution in [0.3, 0.4) is 0 Å². The van der Waals surface area contributed by atoms with Gasteiger partial charge in [0.25, 0.3) is 0 Å². The third-order valence-electron chi connectivity index (χ3n) is 3.54. The van der Waals surface area contributed by atoms with Gasteiger partial charge in [-0.05, 0) is 44.2 Å². The highest BCUT2D eigenvalue weighted by Crippen LogP contribution is 2.31. The zero-order valence-corrected chi connectivity index (χ0v) is 13.3. The van der Waals surface area contributed by atoms with Crippen LogP contribution in [0.5, 0.6) is 0 Å². The maximum absolute atomic E-state index is 6.31. The van der Waals surface area contributed by atoms with Crippen LogP contribution in [0.25, 0.3) is 11.0 Å². The Balaban J connectivity index is 2.22. The molecular weight excluding hydrogens is 305 g/mol. The minimum Gasteiger partial charge on any atom is -0.318 e. The average molecular weight is 320 g/mol. The second-order valence-corrected chi connectivity index (χ2v) is 6.11. The number of rotatable bonds is 3. The number of nitrogens with zero attached hydrogens (tertiary/aromatic N) is 3. The van der Waals surface area contributed by atoms with Gasteiger partial charge in [-0.1, -0.05) is 17.7 Å². The van der Waals surface area contributed by atoms with Gasteiger partial charge in [0.05, 0.1) is 28.1 Å². The van der Waals surface area contributed by atoms with E-state index in [0.717, 1.165) is 22.6 Å². The second kappa shape index (κ2) is 5.66. The molecule has 0 aliphatic rings. The highest BCUT2D eigenvalue weighted by atomic mass is 35.5. The Morgan fingerprint density at radius 2 is 1.95 bits per heavy atom. The number of benzene rings is 1. The summed E-state index contributed by atoms with van der Waals surface area (Å²) in [5.74, 6) is 0.826. The van der Waals surface area contributed by atoms with E-state index in [4.69, 9.17) is 23.2 Å². The number of hydrogen-bond acceptors (Lipinski definition) is 2. The van der Waals surface area contributed by atoms with E-state index in [1.807, 2.05) is 43.3 Å². The van der Waals surface area contributed by atoms with E-state index in [0.29, 0.717) is 5.02 Å². The number of hydrogen-bond donors (Lipinski definition) is 0. The van der Waals surface area contributed by atoms with Crippen LogP contribution in [0.1, 0.15) is 36.8 Å². The Morgan fingerprint density at radius 1 is 1.14 bits per heavy atom. The summed E-state index contributed by atoms with van der Waals surface area (Å²) < 4.78 is 2.13. The van der Waals surface area contributed by atoms with Crippen LogP contribution in [0.4, 0.5) is 0 Å². The van der Waals surface area contributed by atoms with Crippen molar-refractivity contribution in [2.45, 2.75) is 25.3 Å². The van der Waals surface area contributed by atoms with Gasteiger partial charge in [0, 0.05) is 11.2 Å². The summed E-state index contributed by atoms with van der Waals surface area (Å²) in [4.78, 5) is 9.08. The maximum Gasteiger partial charge on any atom is 0.128 e. The van der Waals surface area contributed by atoms with E-state index in [-0.39, 0.29) is 11.4 Å².